The van der Waals surface area contributed by atoms with Gasteiger partial charge in [0.2, 0.25) is 0 Å². The molecule has 1 aliphatic heterocycles. The number of ether oxygens (including phenoxy) is 3. The third kappa shape index (κ3) is 3.50. The summed E-state index contributed by atoms with van der Waals surface area (Å²) in [5.41, 5.74) is 0.512. The summed E-state index contributed by atoms with van der Waals surface area (Å²) in [6.45, 7) is 3.31. The van der Waals surface area contributed by atoms with Crippen LogP contribution in [0.15, 0.2) is 12.2 Å². The Morgan fingerprint density at radius 2 is 2.00 bits per heavy atom. The third-order valence-electron chi connectivity index (χ3n) is 3.18. The Hall–Kier alpha value is -0.500. The summed E-state index contributed by atoms with van der Waals surface area (Å²) >= 11 is 0. The SMILES string of the molecule is C=C1[C@H](CCC(OC)OC)O[C@@H]([C@H](O)CO)[C@H]1O. The topological polar surface area (TPSA) is 88.4 Å². The highest BCUT2D eigenvalue weighted by molar-refractivity contribution is 5.17. The molecule has 0 aromatic rings. The molecule has 1 fully saturated rings. The van der Waals surface area contributed by atoms with Crippen LogP contribution in [0.1, 0.15) is 12.8 Å². The highest BCUT2D eigenvalue weighted by Gasteiger charge is 2.41. The van der Waals surface area contributed by atoms with E-state index in [1.54, 1.807) is 14.2 Å². The molecule has 0 unspecified atom stereocenters. The van der Waals surface area contributed by atoms with E-state index in [1.165, 1.54) is 0 Å². The maximum absolute atomic E-state index is 9.85. The monoisotopic (exact) mass is 262 g/mol. The molecular weight excluding hydrogens is 240 g/mol. The van der Waals surface area contributed by atoms with E-state index < -0.39 is 24.9 Å². The lowest BCUT2D eigenvalue weighted by molar-refractivity contribution is -0.117. The van der Waals surface area contributed by atoms with Gasteiger partial charge in [-0.25, -0.2) is 0 Å². The lowest BCUT2D eigenvalue weighted by atomic mass is 10.00. The second kappa shape index (κ2) is 7.18. The van der Waals surface area contributed by atoms with Gasteiger partial charge in [0.15, 0.2) is 6.29 Å². The first-order valence-corrected chi connectivity index (χ1v) is 5.91. The van der Waals surface area contributed by atoms with Crippen LogP contribution < -0.4 is 0 Å². The molecule has 3 N–H and O–H groups in total. The van der Waals surface area contributed by atoms with Crippen LogP contribution in [0, 0.1) is 0 Å². The number of hydrogen-bond acceptors (Lipinski definition) is 6. The van der Waals surface area contributed by atoms with Gasteiger partial charge < -0.3 is 29.5 Å². The molecular formula is C12H22O6. The third-order valence-corrected chi connectivity index (χ3v) is 3.18. The van der Waals surface area contributed by atoms with Crippen molar-refractivity contribution in [3.63, 3.8) is 0 Å². The van der Waals surface area contributed by atoms with Crippen LogP contribution in [0.5, 0.6) is 0 Å². The fourth-order valence-electron chi connectivity index (χ4n) is 2.03. The minimum atomic E-state index is -1.11. The minimum absolute atomic E-state index is 0.333. The van der Waals surface area contributed by atoms with Crippen molar-refractivity contribution < 1.29 is 29.5 Å². The Labute approximate surface area is 107 Å². The van der Waals surface area contributed by atoms with Crippen molar-refractivity contribution in [1.29, 1.82) is 0 Å². The van der Waals surface area contributed by atoms with E-state index in [2.05, 4.69) is 6.58 Å². The number of aliphatic hydroxyl groups excluding tert-OH is 3. The highest BCUT2D eigenvalue weighted by Crippen LogP contribution is 2.30. The molecule has 1 rings (SSSR count). The quantitative estimate of drug-likeness (QED) is 0.420. The first-order valence-electron chi connectivity index (χ1n) is 5.91. The second-order valence-corrected chi connectivity index (χ2v) is 4.34. The normalized spacial score (nSPS) is 30.1. The van der Waals surface area contributed by atoms with Crippen LogP contribution >= 0.6 is 0 Å². The van der Waals surface area contributed by atoms with Crippen molar-refractivity contribution in [3.8, 4) is 0 Å². The summed E-state index contributed by atoms with van der Waals surface area (Å²) in [6.07, 6.45) is -2.43. The molecule has 0 saturated carbocycles. The zero-order chi connectivity index (χ0) is 13.7. The number of rotatable bonds is 7. The van der Waals surface area contributed by atoms with Gasteiger partial charge in [-0.1, -0.05) is 6.58 Å². The Morgan fingerprint density at radius 3 is 2.50 bits per heavy atom. The van der Waals surface area contributed by atoms with Crippen molar-refractivity contribution in [2.24, 2.45) is 0 Å². The summed E-state index contributed by atoms with van der Waals surface area (Å²) in [6, 6.07) is 0. The standard InChI is InChI=1S/C12H22O6/c1-7-9(4-5-10(16-2)17-3)18-12(11(7)15)8(14)6-13/h8-15H,1,4-6H2,2-3H3/t8-,9+,11+,12+/m1/s1. The molecule has 0 aliphatic carbocycles. The van der Waals surface area contributed by atoms with Crippen LogP contribution in [-0.2, 0) is 14.2 Å². The largest absolute Gasteiger partial charge is 0.394 e. The van der Waals surface area contributed by atoms with Crippen LogP contribution in [-0.4, -0.2) is 66.9 Å². The van der Waals surface area contributed by atoms with E-state index in [-0.39, 0.29) is 12.4 Å². The van der Waals surface area contributed by atoms with Gasteiger partial charge >= 0.3 is 0 Å². The molecule has 0 aromatic carbocycles. The fourth-order valence-corrected chi connectivity index (χ4v) is 2.03. The van der Waals surface area contributed by atoms with Crippen LogP contribution in [0.4, 0.5) is 0 Å². The first-order chi connectivity index (χ1) is 8.54. The van der Waals surface area contributed by atoms with Gasteiger partial charge in [0.25, 0.3) is 0 Å². The molecule has 0 radical (unpaired) electrons. The predicted octanol–water partition coefficient (Wildman–Crippen LogP) is -0.577. The van der Waals surface area contributed by atoms with Gasteiger partial charge in [-0.05, 0) is 12.0 Å². The van der Waals surface area contributed by atoms with E-state index in [1.807, 2.05) is 0 Å². The van der Waals surface area contributed by atoms with Crippen molar-refractivity contribution in [1.82, 2.24) is 0 Å². The average molecular weight is 262 g/mol. The van der Waals surface area contributed by atoms with Crippen molar-refractivity contribution in [3.05, 3.63) is 12.2 Å². The van der Waals surface area contributed by atoms with Gasteiger partial charge in [-0.15, -0.1) is 0 Å². The lowest BCUT2D eigenvalue weighted by Gasteiger charge is -2.19. The molecule has 1 heterocycles. The summed E-state index contributed by atoms with van der Waals surface area (Å²) in [5, 5.41) is 28.2. The zero-order valence-electron chi connectivity index (χ0n) is 10.8. The highest BCUT2D eigenvalue weighted by atomic mass is 16.7. The summed E-state index contributed by atoms with van der Waals surface area (Å²) in [5.74, 6) is 0. The number of aliphatic hydroxyl groups is 3. The molecule has 0 amide bonds. The Kier molecular flexibility index (Phi) is 6.20. The van der Waals surface area contributed by atoms with Gasteiger partial charge in [0.05, 0.1) is 12.7 Å². The van der Waals surface area contributed by atoms with Crippen molar-refractivity contribution in [2.45, 2.75) is 43.5 Å². The van der Waals surface area contributed by atoms with Crippen LogP contribution in [0.2, 0.25) is 0 Å². The van der Waals surface area contributed by atoms with E-state index in [0.717, 1.165) is 0 Å². The molecule has 0 aromatic heterocycles. The molecule has 0 spiro atoms. The molecule has 6 nitrogen and oxygen atoms in total. The number of methoxy groups -OCH3 is 2. The molecule has 4 atom stereocenters. The van der Waals surface area contributed by atoms with Gasteiger partial charge in [0, 0.05) is 20.6 Å². The molecule has 18 heavy (non-hydrogen) atoms. The first kappa shape index (κ1) is 15.6. The Balaban J connectivity index is 2.51. The minimum Gasteiger partial charge on any atom is -0.394 e. The van der Waals surface area contributed by atoms with E-state index in [4.69, 9.17) is 19.3 Å². The van der Waals surface area contributed by atoms with Gasteiger partial charge in [0.1, 0.15) is 18.3 Å². The van der Waals surface area contributed by atoms with E-state index in [0.29, 0.717) is 18.4 Å². The van der Waals surface area contributed by atoms with Crippen LogP contribution in [0.3, 0.4) is 0 Å². The second-order valence-electron chi connectivity index (χ2n) is 4.34. The van der Waals surface area contributed by atoms with Crippen molar-refractivity contribution in [2.75, 3.05) is 20.8 Å². The summed E-state index contributed by atoms with van der Waals surface area (Å²) in [7, 11) is 3.09. The summed E-state index contributed by atoms with van der Waals surface area (Å²) < 4.78 is 15.6. The lowest BCUT2D eigenvalue weighted by Crippen LogP contribution is -2.37. The number of hydrogen-bond donors (Lipinski definition) is 3. The zero-order valence-corrected chi connectivity index (χ0v) is 10.8. The fraction of sp³-hybridized carbons (Fsp3) is 0.833. The molecule has 6 heteroatoms. The summed E-state index contributed by atoms with van der Waals surface area (Å²) in [4.78, 5) is 0. The van der Waals surface area contributed by atoms with E-state index in [9.17, 15) is 10.2 Å². The van der Waals surface area contributed by atoms with E-state index >= 15 is 0 Å². The maximum Gasteiger partial charge on any atom is 0.156 e. The maximum atomic E-state index is 9.85. The molecule has 0 bridgehead atoms. The Bertz CT molecular complexity index is 265. The van der Waals surface area contributed by atoms with Gasteiger partial charge in [-0.3, -0.25) is 0 Å². The predicted molar refractivity (Wildman–Crippen MR) is 63.9 cm³/mol. The molecule has 106 valence electrons. The molecule has 1 aliphatic rings. The van der Waals surface area contributed by atoms with Gasteiger partial charge in [-0.2, -0.15) is 0 Å². The smallest absolute Gasteiger partial charge is 0.156 e. The molecule has 1 saturated heterocycles. The van der Waals surface area contributed by atoms with Crippen LogP contribution in [0.25, 0.3) is 0 Å². The Morgan fingerprint density at radius 1 is 1.39 bits per heavy atom. The van der Waals surface area contributed by atoms with Crippen molar-refractivity contribution >= 4 is 0 Å². The average Bonchev–Trinajstić information content (AvgIpc) is 2.67.